The first-order chi connectivity index (χ1) is 9.93. The normalized spacial score (nSPS) is 24.5. The van der Waals surface area contributed by atoms with E-state index in [1.165, 1.54) is 43.0 Å². The van der Waals surface area contributed by atoms with Crippen LogP contribution in [0.5, 0.6) is 0 Å². The van der Waals surface area contributed by atoms with Crippen LogP contribution in [0, 0.1) is 0 Å². The van der Waals surface area contributed by atoms with Crippen LogP contribution in [0.4, 0.5) is 0 Å². The second-order valence-electron chi connectivity index (χ2n) is 5.68. The van der Waals surface area contributed by atoms with Crippen molar-refractivity contribution in [2.45, 2.75) is 37.8 Å². The third-order valence-electron chi connectivity index (χ3n) is 4.40. The molecule has 5 heteroatoms. The molecule has 20 heavy (non-hydrogen) atoms. The monoisotopic (exact) mass is 288 g/mol. The summed E-state index contributed by atoms with van der Waals surface area (Å²) in [5.74, 6) is 3.73. The van der Waals surface area contributed by atoms with Crippen LogP contribution >= 0.6 is 11.8 Å². The Hall–Kier alpha value is -1.07. The molecule has 4 nitrogen and oxygen atoms in total. The number of nitrogens with one attached hydrogen (secondary N) is 1. The maximum atomic E-state index is 4.90. The van der Waals surface area contributed by atoms with Crippen LogP contribution < -0.4 is 5.32 Å². The summed E-state index contributed by atoms with van der Waals surface area (Å²) in [7, 11) is 0. The summed E-state index contributed by atoms with van der Waals surface area (Å²) in [6, 6.07) is 5.07. The van der Waals surface area contributed by atoms with Gasteiger partial charge in [0.15, 0.2) is 5.65 Å². The van der Waals surface area contributed by atoms with Crippen LogP contribution in [0.2, 0.25) is 0 Å². The topological polar surface area (TPSA) is 42.7 Å². The predicted octanol–water partition coefficient (Wildman–Crippen LogP) is 2.92. The number of hydrogen-bond acceptors (Lipinski definition) is 4. The van der Waals surface area contributed by atoms with E-state index in [2.05, 4.69) is 32.7 Å². The number of nitrogens with zero attached hydrogens (tertiary/aromatic N) is 3. The first-order valence-electron chi connectivity index (χ1n) is 7.57. The van der Waals surface area contributed by atoms with Gasteiger partial charge in [-0.15, -0.1) is 0 Å². The summed E-state index contributed by atoms with van der Waals surface area (Å²) in [4.78, 5) is 9.52. The average molecular weight is 288 g/mol. The lowest BCUT2D eigenvalue weighted by molar-refractivity contribution is 0.438. The minimum atomic E-state index is 0.416. The molecule has 0 amide bonds. The van der Waals surface area contributed by atoms with E-state index in [0.29, 0.717) is 12.1 Å². The summed E-state index contributed by atoms with van der Waals surface area (Å²) in [6.07, 6.45) is 6.83. The van der Waals surface area contributed by atoms with Crippen molar-refractivity contribution >= 4 is 22.9 Å². The van der Waals surface area contributed by atoms with Crippen LogP contribution in [0.1, 0.15) is 43.6 Å². The molecule has 0 bridgehead atoms. The highest BCUT2D eigenvalue weighted by Gasteiger charge is 2.28. The third kappa shape index (κ3) is 2.13. The number of fused-ring (bicyclic) bond motifs is 1. The average Bonchev–Trinajstić information content (AvgIpc) is 3.15. The lowest BCUT2D eigenvalue weighted by Gasteiger charge is -2.26. The lowest BCUT2D eigenvalue weighted by atomic mass is 10.1. The molecule has 106 valence electrons. The fourth-order valence-electron chi connectivity index (χ4n) is 3.40. The Morgan fingerprint density at radius 1 is 1.25 bits per heavy atom. The second kappa shape index (κ2) is 5.37. The number of pyridine rings is 1. The van der Waals surface area contributed by atoms with Crippen molar-refractivity contribution < 1.29 is 0 Å². The number of rotatable bonds is 2. The SMILES string of the molecule is c1cnc2c(c1)nc(C1CCCN1)n2C1CCSCC1. The Bertz CT molecular complexity index is 597. The van der Waals surface area contributed by atoms with Gasteiger partial charge in [0.25, 0.3) is 0 Å². The molecule has 2 saturated heterocycles. The molecule has 4 heterocycles. The van der Waals surface area contributed by atoms with Crippen molar-refractivity contribution in [3.05, 3.63) is 24.2 Å². The van der Waals surface area contributed by atoms with Gasteiger partial charge in [-0.05, 0) is 55.9 Å². The van der Waals surface area contributed by atoms with Crippen LogP contribution in [0.3, 0.4) is 0 Å². The summed E-state index contributed by atoms with van der Waals surface area (Å²) >= 11 is 2.07. The van der Waals surface area contributed by atoms with Crippen LogP contribution in [0.15, 0.2) is 18.3 Å². The molecule has 4 rings (SSSR count). The Kier molecular flexibility index (Phi) is 3.40. The van der Waals surface area contributed by atoms with Crippen molar-refractivity contribution in [1.29, 1.82) is 0 Å². The highest BCUT2D eigenvalue weighted by molar-refractivity contribution is 7.99. The molecule has 0 saturated carbocycles. The molecule has 2 aromatic heterocycles. The zero-order chi connectivity index (χ0) is 13.4. The van der Waals surface area contributed by atoms with Gasteiger partial charge in [-0.3, -0.25) is 0 Å². The number of thioether (sulfide) groups is 1. The Morgan fingerprint density at radius 2 is 2.15 bits per heavy atom. The first-order valence-corrected chi connectivity index (χ1v) is 8.73. The minimum Gasteiger partial charge on any atom is -0.308 e. The van der Waals surface area contributed by atoms with E-state index in [-0.39, 0.29) is 0 Å². The molecule has 0 radical (unpaired) electrons. The predicted molar refractivity (Wildman–Crippen MR) is 83.1 cm³/mol. The van der Waals surface area contributed by atoms with E-state index in [0.717, 1.165) is 17.7 Å². The standard InChI is InChI=1S/C15H20N4S/c1-3-12(16-7-1)15-18-13-4-2-8-17-14(13)19(15)11-5-9-20-10-6-11/h2,4,8,11-12,16H,1,3,5-7,9-10H2. The minimum absolute atomic E-state index is 0.416. The molecular weight excluding hydrogens is 268 g/mol. The summed E-state index contributed by atoms with van der Waals surface area (Å²) < 4.78 is 2.44. The Morgan fingerprint density at radius 3 is 2.95 bits per heavy atom. The smallest absolute Gasteiger partial charge is 0.160 e. The molecular formula is C15H20N4S. The van der Waals surface area contributed by atoms with Crippen LogP contribution in [-0.4, -0.2) is 32.6 Å². The molecule has 2 aliphatic heterocycles. The van der Waals surface area contributed by atoms with Gasteiger partial charge in [0.1, 0.15) is 11.3 Å². The summed E-state index contributed by atoms with van der Waals surface area (Å²) in [6.45, 7) is 1.11. The molecule has 2 fully saturated rings. The van der Waals surface area contributed by atoms with Crippen molar-refractivity contribution in [2.24, 2.45) is 0 Å². The van der Waals surface area contributed by atoms with Gasteiger partial charge in [0.2, 0.25) is 0 Å². The van der Waals surface area contributed by atoms with Gasteiger partial charge in [0, 0.05) is 12.2 Å². The highest BCUT2D eigenvalue weighted by Crippen LogP contribution is 2.34. The quantitative estimate of drug-likeness (QED) is 0.922. The van der Waals surface area contributed by atoms with E-state index < -0.39 is 0 Å². The molecule has 1 unspecified atom stereocenters. The van der Waals surface area contributed by atoms with Gasteiger partial charge in [-0.2, -0.15) is 11.8 Å². The zero-order valence-electron chi connectivity index (χ0n) is 11.6. The van der Waals surface area contributed by atoms with E-state index in [9.17, 15) is 0 Å². The fourth-order valence-corrected chi connectivity index (χ4v) is 4.48. The third-order valence-corrected chi connectivity index (χ3v) is 5.45. The highest BCUT2D eigenvalue weighted by atomic mass is 32.2. The number of aromatic nitrogens is 3. The molecule has 2 aliphatic rings. The maximum Gasteiger partial charge on any atom is 0.160 e. The van der Waals surface area contributed by atoms with Crippen LogP contribution in [-0.2, 0) is 0 Å². The molecule has 1 atom stereocenters. The Labute approximate surface area is 123 Å². The molecule has 2 aromatic rings. The molecule has 0 aromatic carbocycles. The van der Waals surface area contributed by atoms with Gasteiger partial charge in [-0.1, -0.05) is 0 Å². The molecule has 0 spiro atoms. The lowest BCUT2D eigenvalue weighted by Crippen LogP contribution is -2.23. The van der Waals surface area contributed by atoms with Gasteiger partial charge < -0.3 is 9.88 Å². The van der Waals surface area contributed by atoms with E-state index in [1.807, 2.05) is 12.3 Å². The summed E-state index contributed by atoms with van der Waals surface area (Å²) in [5, 5.41) is 3.60. The number of imidazole rings is 1. The van der Waals surface area contributed by atoms with Crippen molar-refractivity contribution in [1.82, 2.24) is 19.9 Å². The summed E-state index contributed by atoms with van der Waals surface area (Å²) in [5.41, 5.74) is 2.13. The van der Waals surface area contributed by atoms with E-state index in [1.54, 1.807) is 0 Å². The largest absolute Gasteiger partial charge is 0.308 e. The zero-order valence-corrected chi connectivity index (χ0v) is 12.4. The second-order valence-corrected chi connectivity index (χ2v) is 6.90. The van der Waals surface area contributed by atoms with Gasteiger partial charge >= 0.3 is 0 Å². The van der Waals surface area contributed by atoms with Crippen molar-refractivity contribution in [3.8, 4) is 0 Å². The first kappa shape index (κ1) is 12.7. The Balaban J connectivity index is 1.83. The number of hydrogen-bond donors (Lipinski definition) is 1. The van der Waals surface area contributed by atoms with Crippen molar-refractivity contribution in [3.63, 3.8) is 0 Å². The fraction of sp³-hybridized carbons (Fsp3) is 0.600. The molecule has 1 N–H and O–H groups in total. The molecule has 0 aliphatic carbocycles. The maximum absolute atomic E-state index is 4.90. The van der Waals surface area contributed by atoms with Crippen LogP contribution in [0.25, 0.3) is 11.2 Å². The van der Waals surface area contributed by atoms with E-state index >= 15 is 0 Å². The van der Waals surface area contributed by atoms with E-state index in [4.69, 9.17) is 4.98 Å². The van der Waals surface area contributed by atoms with Crippen molar-refractivity contribution in [2.75, 3.05) is 18.1 Å². The van der Waals surface area contributed by atoms with Gasteiger partial charge in [0.05, 0.1) is 6.04 Å². The van der Waals surface area contributed by atoms with Gasteiger partial charge in [-0.25, -0.2) is 9.97 Å².